The zero-order valence-electron chi connectivity index (χ0n) is 14.0. The highest BCUT2D eigenvalue weighted by molar-refractivity contribution is 7.11. The number of nitrogens with zero attached hydrogens (tertiary/aromatic N) is 1. The Morgan fingerprint density at radius 2 is 1.76 bits per heavy atom. The van der Waals surface area contributed by atoms with Crippen LogP contribution in [0.3, 0.4) is 0 Å². The molecule has 0 unspecified atom stereocenters. The molecular weight excluding hydrogens is 276 g/mol. The Morgan fingerprint density at radius 3 is 2.33 bits per heavy atom. The average Bonchev–Trinajstić information content (AvgIpc) is 3.19. The van der Waals surface area contributed by atoms with E-state index in [-0.39, 0.29) is 0 Å². The molecule has 2 nitrogen and oxygen atoms in total. The Hall–Kier alpha value is -0.410. The topological polar surface area (TPSA) is 24.9 Å². The molecule has 2 aliphatic rings. The van der Waals surface area contributed by atoms with Gasteiger partial charge in [-0.25, -0.2) is 4.98 Å². The van der Waals surface area contributed by atoms with E-state index in [9.17, 15) is 0 Å². The molecule has 118 valence electrons. The summed E-state index contributed by atoms with van der Waals surface area (Å²) in [6.45, 7) is 10.4. The van der Waals surface area contributed by atoms with Crippen LogP contribution in [0.25, 0.3) is 0 Å². The van der Waals surface area contributed by atoms with E-state index in [0.717, 1.165) is 24.4 Å². The van der Waals surface area contributed by atoms with Crippen LogP contribution in [0, 0.1) is 18.3 Å². The summed E-state index contributed by atoms with van der Waals surface area (Å²) in [6.07, 6.45) is 8.16. The largest absolute Gasteiger partial charge is 0.309 e. The lowest BCUT2D eigenvalue weighted by molar-refractivity contribution is 0.169. The summed E-state index contributed by atoms with van der Waals surface area (Å²) in [6, 6.07) is 0.789. The summed E-state index contributed by atoms with van der Waals surface area (Å²) in [5.41, 5.74) is 1.74. The number of rotatable bonds is 4. The Morgan fingerprint density at radius 1 is 1.10 bits per heavy atom. The molecule has 2 fully saturated rings. The summed E-state index contributed by atoms with van der Waals surface area (Å²) in [4.78, 5) is 6.37. The summed E-state index contributed by atoms with van der Waals surface area (Å²) in [5.74, 6) is 1.62. The standard InChI is InChI=1S/C18H30N2S/c1-12-16(11-19-15-9-10-15)21-17(20-12)13-5-7-14(8-6-13)18(2,3)4/h13-15,19H,5-11H2,1-4H3. The number of nitrogens with one attached hydrogen (secondary N) is 1. The van der Waals surface area contributed by atoms with Crippen LogP contribution in [0.4, 0.5) is 0 Å². The van der Waals surface area contributed by atoms with Gasteiger partial charge in [-0.2, -0.15) is 0 Å². The van der Waals surface area contributed by atoms with E-state index in [1.807, 2.05) is 11.3 Å². The van der Waals surface area contributed by atoms with Crippen molar-refractivity contribution in [2.24, 2.45) is 11.3 Å². The Bertz CT molecular complexity index is 474. The van der Waals surface area contributed by atoms with Gasteiger partial charge in [0.25, 0.3) is 0 Å². The molecule has 21 heavy (non-hydrogen) atoms. The van der Waals surface area contributed by atoms with Crippen LogP contribution in [0.2, 0.25) is 0 Å². The highest BCUT2D eigenvalue weighted by Gasteiger charge is 2.31. The molecule has 0 bridgehead atoms. The minimum Gasteiger partial charge on any atom is -0.309 e. The van der Waals surface area contributed by atoms with Gasteiger partial charge in [-0.15, -0.1) is 11.3 Å². The first kappa shape index (κ1) is 15.5. The third kappa shape index (κ3) is 3.87. The maximum atomic E-state index is 4.90. The molecule has 1 aromatic rings. The molecule has 3 rings (SSSR count). The van der Waals surface area contributed by atoms with Gasteiger partial charge in [0.1, 0.15) is 0 Å². The van der Waals surface area contributed by atoms with Crippen LogP contribution >= 0.6 is 11.3 Å². The molecule has 1 N–H and O–H groups in total. The maximum absolute atomic E-state index is 4.90. The smallest absolute Gasteiger partial charge is 0.0962 e. The summed E-state index contributed by atoms with van der Waals surface area (Å²) in [7, 11) is 0. The summed E-state index contributed by atoms with van der Waals surface area (Å²) in [5, 5.41) is 5.04. The van der Waals surface area contributed by atoms with Gasteiger partial charge in [0.2, 0.25) is 0 Å². The third-order valence-corrected chi connectivity index (χ3v) is 6.66. The van der Waals surface area contributed by atoms with E-state index in [1.54, 1.807) is 0 Å². The Labute approximate surface area is 133 Å². The molecule has 0 aliphatic heterocycles. The molecule has 0 spiro atoms. The number of hydrogen-bond acceptors (Lipinski definition) is 3. The van der Waals surface area contributed by atoms with Crippen LogP contribution in [0.5, 0.6) is 0 Å². The minimum atomic E-state index is 0.475. The second kappa shape index (κ2) is 6.00. The molecule has 0 saturated heterocycles. The second-order valence-corrected chi connectivity index (χ2v) is 9.25. The number of aromatic nitrogens is 1. The SMILES string of the molecule is Cc1nc(C2CCC(C(C)(C)C)CC2)sc1CNC1CC1. The quantitative estimate of drug-likeness (QED) is 0.844. The molecule has 0 radical (unpaired) electrons. The lowest BCUT2D eigenvalue weighted by atomic mass is 9.70. The molecule has 1 aromatic heterocycles. The number of aryl methyl sites for hydroxylation is 1. The molecule has 1 heterocycles. The van der Waals surface area contributed by atoms with Crippen LogP contribution < -0.4 is 5.32 Å². The van der Waals surface area contributed by atoms with Crippen LogP contribution in [0.15, 0.2) is 0 Å². The minimum absolute atomic E-state index is 0.475. The van der Waals surface area contributed by atoms with Crippen molar-refractivity contribution in [2.45, 2.75) is 84.7 Å². The van der Waals surface area contributed by atoms with Crippen molar-refractivity contribution in [3.63, 3.8) is 0 Å². The highest BCUT2D eigenvalue weighted by Crippen LogP contribution is 2.44. The zero-order chi connectivity index (χ0) is 15.0. The van der Waals surface area contributed by atoms with Crippen molar-refractivity contribution in [3.8, 4) is 0 Å². The first-order valence-electron chi connectivity index (χ1n) is 8.63. The molecule has 0 atom stereocenters. The van der Waals surface area contributed by atoms with Gasteiger partial charge >= 0.3 is 0 Å². The van der Waals surface area contributed by atoms with E-state index in [1.165, 1.54) is 54.1 Å². The van der Waals surface area contributed by atoms with E-state index >= 15 is 0 Å². The highest BCUT2D eigenvalue weighted by atomic mass is 32.1. The van der Waals surface area contributed by atoms with Crippen molar-refractivity contribution in [3.05, 3.63) is 15.6 Å². The molecule has 3 heteroatoms. The van der Waals surface area contributed by atoms with Gasteiger partial charge in [0.15, 0.2) is 0 Å². The third-order valence-electron chi connectivity index (χ3n) is 5.34. The van der Waals surface area contributed by atoms with Crippen molar-refractivity contribution < 1.29 is 0 Å². The Kier molecular flexibility index (Phi) is 4.42. The van der Waals surface area contributed by atoms with Crippen molar-refractivity contribution in [1.29, 1.82) is 0 Å². The van der Waals surface area contributed by atoms with Crippen molar-refractivity contribution in [1.82, 2.24) is 10.3 Å². The predicted molar refractivity (Wildman–Crippen MR) is 90.9 cm³/mol. The summed E-state index contributed by atoms with van der Waals surface area (Å²) >= 11 is 1.97. The predicted octanol–water partition coefficient (Wildman–Crippen LogP) is 5.02. The van der Waals surface area contributed by atoms with E-state index in [0.29, 0.717) is 5.41 Å². The van der Waals surface area contributed by atoms with Crippen molar-refractivity contribution in [2.75, 3.05) is 0 Å². The van der Waals surface area contributed by atoms with Gasteiger partial charge in [0, 0.05) is 23.4 Å². The van der Waals surface area contributed by atoms with Crippen LogP contribution in [-0.4, -0.2) is 11.0 Å². The van der Waals surface area contributed by atoms with E-state index in [2.05, 4.69) is 33.0 Å². The molecule has 2 aliphatic carbocycles. The lowest BCUT2D eigenvalue weighted by Crippen LogP contribution is -2.25. The number of hydrogen-bond donors (Lipinski definition) is 1. The second-order valence-electron chi connectivity index (χ2n) is 8.13. The van der Waals surface area contributed by atoms with E-state index in [4.69, 9.17) is 4.98 Å². The normalized spacial score (nSPS) is 27.0. The first-order chi connectivity index (χ1) is 9.93. The molecular formula is C18H30N2S. The van der Waals surface area contributed by atoms with Gasteiger partial charge in [-0.1, -0.05) is 20.8 Å². The fourth-order valence-corrected chi connectivity index (χ4v) is 4.71. The monoisotopic (exact) mass is 306 g/mol. The average molecular weight is 307 g/mol. The number of thiazole rings is 1. The van der Waals surface area contributed by atoms with Crippen LogP contribution in [-0.2, 0) is 6.54 Å². The van der Waals surface area contributed by atoms with Crippen LogP contribution in [0.1, 0.15) is 80.8 Å². The molecule has 0 amide bonds. The molecule has 0 aromatic carbocycles. The van der Waals surface area contributed by atoms with E-state index < -0.39 is 0 Å². The summed E-state index contributed by atoms with van der Waals surface area (Å²) < 4.78 is 0. The fraction of sp³-hybridized carbons (Fsp3) is 0.833. The Balaban J connectivity index is 1.58. The maximum Gasteiger partial charge on any atom is 0.0962 e. The molecule has 2 saturated carbocycles. The van der Waals surface area contributed by atoms with Gasteiger partial charge in [-0.3, -0.25) is 0 Å². The van der Waals surface area contributed by atoms with Crippen molar-refractivity contribution >= 4 is 11.3 Å². The zero-order valence-corrected chi connectivity index (χ0v) is 14.9. The van der Waals surface area contributed by atoms with Gasteiger partial charge in [-0.05, 0) is 56.8 Å². The van der Waals surface area contributed by atoms with Gasteiger partial charge < -0.3 is 5.32 Å². The lowest BCUT2D eigenvalue weighted by Gasteiger charge is -2.36. The first-order valence-corrected chi connectivity index (χ1v) is 9.44. The fourth-order valence-electron chi connectivity index (χ4n) is 3.52. The van der Waals surface area contributed by atoms with Gasteiger partial charge in [0.05, 0.1) is 10.7 Å².